The van der Waals surface area contributed by atoms with Gasteiger partial charge in [0, 0.05) is 7.05 Å². The summed E-state index contributed by atoms with van der Waals surface area (Å²) in [5.74, 6) is -0.403. The van der Waals surface area contributed by atoms with Gasteiger partial charge in [0.2, 0.25) is 11.8 Å². The van der Waals surface area contributed by atoms with Gasteiger partial charge in [-0.3, -0.25) is 14.5 Å². The number of nitrogens with zero attached hydrogens (tertiary/aromatic N) is 2. The van der Waals surface area contributed by atoms with E-state index in [0.29, 0.717) is 10.6 Å². The quantitative estimate of drug-likeness (QED) is 0.799. The van der Waals surface area contributed by atoms with Crippen LogP contribution in [-0.2, 0) is 9.59 Å². The van der Waals surface area contributed by atoms with Gasteiger partial charge in [0.25, 0.3) is 0 Å². The third kappa shape index (κ3) is 4.16. The zero-order valence-electron chi connectivity index (χ0n) is 10.2. The third-order valence-electron chi connectivity index (χ3n) is 2.14. The van der Waals surface area contributed by atoms with Crippen molar-refractivity contribution >= 4 is 28.2 Å². The molecule has 0 radical (unpaired) electrons. The number of hydrogen-bond donors (Lipinski definition) is 2. The monoisotopic (exact) mass is 266 g/mol. The van der Waals surface area contributed by atoms with Crippen LogP contribution in [-0.4, -0.2) is 43.9 Å². The average Bonchev–Trinajstić information content (AvgIpc) is 2.75. The Balaban J connectivity index is 2.47. The van der Waals surface area contributed by atoms with Crippen molar-refractivity contribution in [2.75, 3.05) is 32.5 Å². The highest BCUT2D eigenvalue weighted by molar-refractivity contribution is 7.14. The van der Waals surface area contributed by atoms with Crippen molar-refractivity contribution in [3.8, 4) is 6.07 Å². The summed E-state index contributed by atoms with van der Waals surface area (Å²) in [5, 5.41) is 16.2. The summed E-state index contributed by atoms with van der Waals surface area (Å²) in [6, 6.07) is 3.64. The highest BCUT2D eigenvalue weighted by atomic mass is 32.1. The zero-order chi connectivity index (χ0) is 13.5. The summed E-state index contributed by atoms with van der Waals surface area (Å²) in [7, 11) is 3.22. The first-order valence-corrected chi connectivity index (χ1v) is 6.11. The fourth-order valence-electron chi connectivity index (χ4n) is 1.29. The van der Waals surface area contributed by atoms with Gasteiger partial charge in [-0.1, -0.05) is 0 Å². The van der Waals surface area contributed by atoms with Gasteiger partial charge in [-0.05, 0) is 18.5 Å². The second-order valence-corrected chi connectivity index (χ2v) is 4.58. The predicted octanol–water partition coefficient (Wildman–Crippen LogP) is 0.236. The number of carbonyl (C=O) groups excluding carboxylic acids is 2. The van der Waals surface area contributed by atoms with Crippen LogP contribution in [0.5, 0.6) is 0 Å². The number of hydrogen-bond acceptors (Lipinski definition) is 5. The fraction of sp³-hybridized carbons (Fsp3) is 0.364. The van der Waals surface area contributed by atoms with Crippen molar-refractivity contribution in [2.45, 2.75) is 0 Å². The molecule has 1 aromatic heterocycles. The van der Waals surface area contributed by atoms with Gasteiger partial charge in [0.1, 0.15) is 11.1 Å². The van der Waals surface area contributed by atoms with Gasteiger partial charge < -0.3 is 10.6 Å². The molecule has 0 aliphatic heterocycles. The summed E-state index contributed by atoms with van der Waals surface area (Å²) in [5.41, 5.74) is 0.447. The number of anilines is 1. The van der Waals surface area contributed by atoms with E-state index in [2.05, 4.69) is 10.6 Å². The molecule has 0 bridgehead atoms. The standard InChI is InChI=1S/C11H14N4O2S/c1-13-9(16)6-15(2)7-10(17)14-11-8(5-12)3-4-18-11/h3-4H,6-7H2,1-2H3,(H,13,16)(H,14,17). The maximum Gasteiger partial charge on any atom is 0.239 e. The molecule has 2 N–H and O–H groups in total. The number of likely N-dealkylation sites (N-methyl/N-ethyl adjacent to an activating group) is 2. The van der Waals surface area contributed by atoms with E-state index in [9.17, 15) is 9.59 Å². The summed E-state index contributed by atoms with van der Waals surface area (Å²) in [4.78, 5) is 24.4. The van der Waals surface area contributed by atoms with Gasteiger partial charge >= 0.3 is 0 Å². The molecule has 0 atom stereocenters. The predicted molar refractivity (Wildman–Crippen MR) is 69.2 cm³/mol. The van der Waals surface area contributed by atoms with Crippen molar-refractivity contribution in [3.05, 3.63) is 17.0 Å². The van der Waals surface area contributed by atoms with Crippen LogP contribution in [0.3, 0.4) is 0 Å². The summed E-state index contributed by atoms with van der Waals surface area (Å²) < 4.78 is 0. The van der Waals surface area contributed by atoms with Gasteiger partial charge in [-0.2, -0.15) is 5.26 Å². The Morgan fingerprint density at radius 2 is 2.11 bits per heavy atom. The van der Waals surface area contributed by atoms with Gasteiger partial charge in [-0.25, -0.2) is 0 Å². The second-order valence-electron chi connectivity index (χ2n) is 3.67. The first-order chi connectivity index (χ1) is 8.56. The van der Waals surface area contributed by atoms with Crippen LogP contribution in [0.1, 0.15) is 5.56 Å². The molecule has 1 rings (SSSR count). The third-order valence-corrected chi connectivity index (χ3v) is 2.97. The first-order valence-electron chi connectivity index (χ1n) is 5.23. The number of rotatable bonds is 5. The molecule has 0 spiro atoms. The molecule has 0 aromatic carbocycles. The van der Waals surface area contributed by atoms with E-state index in [1.165, 1.54) is 11.3 Å². The molecule has 0 unspecified atom stereocenters. The van der Waals surface area contributed by atoms with Gasteiger partial charge in [-0.15, -0.1) is 11.3 Å². The maximum absolute atomic E-state index is 11.7. The smallest absolute Gasteiger partial charge is 0.239 e. The van der Waals surface area contributed by atoms with Crippen molar-refractivity contribution in [3.63, 3.8) is 0 Å². The molecule has 0 aliphatic rings. The number of carbonyl (C=O) groups is 2. The number of amides is 2. The van der Waals surface area contributed by atoms with Crippen molar-refractivity contribution in [1.82, 2.24) is 10.2 Å². The van der Waals surface area contributed by atoms with Crippen LogP contribution in [0.2, 0.25) is 0 Å². The molecule has 1 aromatic rings. The van der Waals surface area contributed by atoms with E-state index in [0.717, 1.165) is 0 Å². The lowest BCUT2D eigenvalue weighted by Gasteiger charge is -2.14. The van der Waals surface area contributed by atoms with Crippen LogP contribution < -0.4 is 10.6 Å². The Morgan fingerprint density at radius 1 is 1.44 bits per heavy atom. The lowest BCUT2D eigenvalue weighted by atomic mass is 10.3. The Labute approximate surface area is 109 Å². The zero-order valence-corrected chi connectivity index (χ0v) is 11.0. The topological polar surface area (TPSA) is 85.2 Å². The van der Waals surface area contributed by atoms with E-state index in [1.54, 1.807) is 30.4 Å². The Hall–Kier alpha value is -1.91. The van der Waals surface area contributed by atoms with Crippen LogP contribution >= 0.6 is 11.3 Å². The van der Waals surface area contributed by atoms with Crippen LogP contribution in [0, 0.1) is 11.3 Å². The molecule has 0 aliphatic carbocycles. The highest BCUT2D eigenvalue weighted by Gasteiger charge is 2.12. The van der Waals surface area contributed by atoms with Crippen molar-refractivity contribution in [1.29, 1.82) is 5.26 Å². The summed E-state index contributed by atoms with van der Waals surface area (Å²) in [6.07, 6.45) is 0. The Bertz CT molecular complexity index is 478. The molecule has 2 amide bonds. The largest absolute Gasteiger partial charge is 0.358 e. The van der Waals surface area contributed by atoms with Crippen molar-refractivity contribution < 1.29 is 9.59 Å². The van der Waals surface area contributed by atoms with Gasteiger partial charge in [0.15, 0.2) is 0 Å². The van der Waals surface area contributed by atoms with E-state index >= 15 is 0 Å². The molecule has 18 heavy (non-hydrogen) atoms. The molecule has 96 valence electrons. The maximum atomic E-state index is 11.7. The molecular weight excluding hydrogens is 252 g/mol. The van der Waals surface area contributed by atoms with Crippen LogP contribution in [0.25, 0.3) is 0 Å². The number of thiophene rings is 1. The molecular formula is C11H14N4O2S. The number of nitrogens with one attached hydrogen (secondary N) is 2. The van der Waals surface area contributed by atoms with Crippen molar-refractivity contribution in [2.24, 2.45) is 0 Å². The molecule has 0 saturated carbocycles. The second kappa shape index (κ2) is 6.74. The minimum atomic E-state index is -0.250. The highest BCUT2D eigenvalue weighted by Crippen LogP contribution is 2.21. The van der Waals surface area contributed by atoms with E-state index in [4.69, 9.17) is 5.26 Å². The first kappa shape index (κ1) is 14.2. The summed E-state index contributed by atoms with van der Waals surface area (Å²) in [6.45, 7) is 0.246. The SMILES string of the molecule is CNC(=O)CN(C)CC(=O)Nc1sccc1C#N. The van der Waals surface area contributed by atoms with E-state index in [-0.39, 0.29) is 24.9 Å². The molecule has 0 fully saturated rings. The molecule has 7 heteroatoms. The lowest BCUT2D eigenvalue weighted by Crippen LogP contribution is -2.37. The fourth-order valence-corrected chi connectivity index (χ4v) is 2.04. The van der Waals surface area contributed by atoms with E-state index < -0.39 is 0 Å². The average molecular weight is 266 g/mol. The normalized spacial score (nSPS) is 9.89. The molecule has 0 saturated heterocycles. The van der Waals surface area contributed by atoms with Crippen LogP contribution in [0.15, 0.2) is 11.4 Å². The summed E-state index contributed by atoms with van der Waals surface area (Å²) >= 11 is 1.30. The Kier molecular flexibility index (Phi) is 5.30. The molecule has 1 heterocycles. The minimum absolute atomic E-state index is 0.0934. The van der Waals surface area contributed by atoms with Gasteiger partial charge in [0.05, 0.1) is 18.7 Å². The number of nitriles is 1. The Morgan fingerprint density at radius 3 is 2.72 bits per heavy atom. The molecule has 6 nitrogen and oxygen atoms in total. The van der Waals surface area contributed by atoms with E-state index in [1.807, 2.05) is 6.07 Å². The minimum Gasteiger partial charge on any atom is -0.358 e. The van der Waals surface area contributed by atoms with Crippen LogP contribution in [0.4, 0.5) is 5.00 Å². The lowest BCUT2D eigenvalue weighted by molar-refractivity contribution is -0.122.